The van der Waals surface area contributed by atoms with Crippen LogP contribution < -0.4 is 16.0 Å². The lowest BCUT2D eigenvalue weighted by Gasteiger charge is -2.26. The van der Waals surface area contributed by atoms with Crippen LogP contribution in [0.5, 0.6) is 0 Å². The van der Waals surface area contributed by atoms with E-state index in [9.17, 15) is 4.79 Å². The van der Waals surface area contributed by atoms with E-state index in [1.165, 1.54) is 0 Å². The summed E-state index contributed by atoms with van der Waals surface area (Å²) in [5, 5.41) is 7.59. The first-order valence-corrected chi connectivity index (χ1v) is 6.57. The lowest BCUT2D eigenvalue weighted by atomic mass is 10.1. The van der Waals surface area contributed by atoms with Crippen molar-refractivity contribution in [2.45, 2.75) is 27.3 Å². The molecule has 0 unspecified atom stereocenters. The number of primary amides is 1. The average molecular weight is 267 g/mol. The number of hydrogen-bond donors (Lipinski definition) is 2. The number of carbonyl (C=O) groups excluding carboxylic acids is 1. The van der Waals surface area contributed by atoms with E-state index in [1.54, 1.807) is 0 Å². The number of nitrogens with two attached hydrogens (primary N) is 1. The molecule has 1 aromatic heterocycles. The molecular formula is C13H25N5O. The maximum Gasteiger partial charge on any atom is 0.236 e. The fraction of sp³-hybridized carbons (Fsp3) is 0.692. The highest BCUT2D eigenvalue weighted by Gasteiger charge is 2.20. The second-order valence-corrected chi connectivity index (χ2v) is 5.28. The third kappa shape index (κ3) is 3.96. The zero-order valence-corrected chi connectivity index (χ0v) is 12.5. The maximum atomic E-state index is 11.3. The Balaban J connectivity index is 3.15. The second-order valence-electron chi connectivity index (χ2n) is 5.28. The van der Waals surface area contributed by atoms with Crippen molar-refractivity contribution in [2.75, 3.05) is 25.0 Å². The Hall–Kier alpha value is -1.56. The topological polar surface area (TPSA) is 76.2 Å². The summed E-state index contributed by atoms with van der Waals surface area (Å²) in [6.45, 7) is 7.94. The molecule has 108 valence electrons. The molecule has 0 aliphatic heterocycles. The van der Waals surface area contributed by atoms with E-state index in [0.29, 0.717) is 5.92 Å². The summed E-state index contributed by atoms with van der Waals surface area (Å²) in [5.41, 5.74) is 7.46. The Kier molecular flexibility index (Phi) is 5.35. The van der Waals surface area contributed by atoms with E-state index in [-0.39, 0.29) is 12.5 Å². The summed E-state index contributed by atoms with van der Waals surface area (Å²) >= 11 is 0. The van der Waals surface area contributed by atoms with Crippen LogP contribution in [-0.2, 0) is 18.4 Å². The van der Waals surface area contributed by atoms with Gasteiger partial charge in [-0.2, -0.15) is 5.10 Å². The van der Waals surface area contributed by atoms with E-state index in [4.69, 9.17) is 5.73 Å². The van der Waals surface area contributed by atoms with Crippen LogP contribution in [0, 0.1) is 12.8 Å². The predicted molar refractivity (Wildman–Crippen MR) is 77.0 cm³/mol. The van der Waals surface area contributed by atoms with Gasteiger partial charge in [-0.15, -0.1) is 0 Å². The normalized spacial score (nSPS) is 11.1. The number of aryl methyl sites for hydroxylation is 2. The van der Waals surface area contributed by atoms with Crippen LogP contribution in [0.2, 0.25) is 0 Å². The SMILES string of the molecule is CNCc1c(C)nn(C)c1N(CC(N)=O)CC(C)C. The van der Waals surface area contributed by atoms with Crippen LogP contribution in [0.3, 0.4) is 0 Å². The minimum absolute atomic E-state index is 0.216. The van der Waals surface area contributed by atoms with Crippen molar-refractivity contribution in [2.24, 2.45) is 18.7 Å². The highest BCUT2D eigenvalue weighted by atomic mass is 16.1. The molecule has 0 spiro atoms. The van der Waals surface area contributed by atoms with Crippen molar-refractivity contribution in [3.63, 3.8) is 0 Å². The molecular weight excluding hydrogens is 242 g/mol. The van der Waals surface area contributed by atoms with Crippen LogP contribution in [0.1, 0.15) is 25.1 Å². The van der Waals surface area contributed by atoms with E-state index >= 15 is 0 Å². The molecule has 6 heteroatoms. The summed E-state index contributed by atoms with van der Waals surface area (Å²) < 4.78 is 1.83. The number of hydrogen-bond acceptors (Lipinski definition) is 4. The van der Waals surface area contributed by atoms with Gasteiger partial charge in [0.15, 0.2) is 0 Å². The predicted octanol–water partition coefficient (Wildman–Crippen LogP) is 0.396. The minimum Gasteiger partial charge on any atom is -0.368 e. The van der Waals surface area contributed by atoms with Crippen LogP contribution in [-0.4, -0.2) is 35.8 Å². The first-order valence-electron chi connectivity index (χ1n) is 6.57. The molecule has 1 amide bonds. The van der Waals surface area contributed by atoms with Gasteiger partial charge in [0.25, 0.3) is 0 Å². The van der Waals surface area contributed by atoms with Gasteiger partial charge in [-0.25, -0.2) is 0 Å². The molecule has 6 nitrogen and oxygen atoms in total. The molecule has 0 saturated heterocycles. The standard InChI is InChI=1S/C13H25N5O/c1-9(2)7-18(8-12(14)19)13-11(6-15-4)10(3)16-17(13)5/h9,15H,6-8H2,1-5H3,(H2,14,19). The molecule has 1 heterocycles. The van der Waals surface area contributed by atoms with Gasteiger partial charge >= 0.3 is 0 Å². The summed E-state index contributed by atoms with van der Waals surface area (Å²) in [6.07, 6.45) is 0. The van der Waals surface area contributed by atoms with Crippen molar-refractivity contribution < 1.29 is 4.79 Å². The van der Waals surface area contributed by atoms with E-state index in [0.717, 1.165) is 30.2 Å². The number of nitrogens with zero attached hydrogens (tertiary/aromatic N) is 3. The van der Waals surface area contributed by atoms with Gasteiger partial charge in [-0.05, 0) is 19.9 Å². The van der Waals surface area contributed by atoms with Gasteiger partial charge in [0.05, 0.1) is 12.2 Å². The molecule has 1 rings (SSSR count). The van der Waals surface area contributed by atoms with Crippen LogP contribution in [0.25, 0.3) is 0 Å². The smallest absolute Gasteiger partial charge is 0.236 e. The van der Waals surface area contributed by atoms with E-state index in [2.05, 4.69) is 24.3 Å². The number of nitrogens with one attached hydrogen (secondary N) is 1. The fourth-order valence-electron chi connectivity index (χ4n) is 2.32. The van der Waals surface area contributed by atoms with Gasteiger partial charge in [0, 0.05) is 25.7 Å². The Morgan fingerprint density at radius 3 is 2.63 bits per heavy atom. The van der Waals surface area contributed by atoms with Crippen molar-refractivity contribution in [3.05, 3.63) is 11.3 Å². The van der Waals surface area contributed by atoms with E-state index < -0.39 is 0 Å². The molecule has 0 aromatic carbocycles. The number of carbonyl (C=O) groups is 1. The lowest BCUT2D eigenvalue weighted by molar-refractivity contribution is -0.116. The first kappa shape index (κ1) is 15.5. The van der Waals surface area contributed by atoms with Crippen molar-refractivity contribution in [1.29, 1.82) is 0 Å². The van der Waals surface area contributed by atoms with Gasteiger partial charge in [0.1, 0.15) is 5.82 Å². The minimum atomic E-state index is -0.324. The Bertz CT molecular complexity index is 438. The second kappa shape index (κ2) is 6.56. The zero-order valence-electron chi connectivity index (χ0n) is 12.5. The van der Waals surface area contributed by atoms with Crippen molar-refractivity contribution in [3.8, 4) is 0 Å². The summed E-state index contributed by atoms with van der Waals surface area (Å²) in [7, 11) is 3.80. The number of amides is 1. The molecule has 3 N–H and O–H groups in total. The number of anilines is 1. The number of rotatable bonds is 7. The molecule has 0 atom stereocenters. The van der Waals surface area contributed by atoms with Gasteiger partial charge in [-0.1, -0.05) is 13.8 Å². The van der Waals surface area contributed by atoms with Crippen LogP contribution in [0.15, 0.2) is 0 Å². The Morgan fingerprint density at radius 2 is 2.16 bits per heavy atom. The molecule has 0 aliphatic carbocycles. The molecule has 19 heavy (non-hydrogen) atoms. The highest BCUT2D eigenvalue weighted by Crippen LogP contribution is 2.23. The zero-order chi connectivity index (χ0) is 14.6. The van der Waals surface area contributed by atoms with Crippen LogP contribution in [0.4, 0.5) is 5.82 Å². The molecule has 0 fully saturated rings. The molecule has 0 radical (unpaired) electrons. The van der Waals surface area contributed by atoms with Gasteiger partial charge in [-0.3, -0.25) is 9.48 Å². The summed E-state index contributed by atoms with van der Waals surface area (Å²) in [6, 6.07) is 0. The number of aromatic nitrogens is 2. The van der Waals surface area contributed by atoms with E-state index in [1.807, 2.05) is 30.6 Å². The fourth-order valence-corrected chi connectivity index (χ4v) is 2.32. The first-order chi connectivity index (χ1) is 8.86. The summed E-state index contributed by atoms with van der Waals surface area (Å²) in [4.78, 5) is 13.3. The van der Waals surface area contributed by atoms with Crippen molar-refractivity contribution in [1.82, 2.24) is 15.1 Å². The van der Waals surface area contributed by atoms with Crippen LogP contribution >= 0.6 is 0 Å². The summed E-state index contributed by atoms with van der Waals surface area (Å²) in [5.74, 6) is 1.09. The monoisotopic (exact) mass is 267 g/mol. The molecule has 0 aliphatic rings. The molecule has 1 aromatic rings. The van der Waals surface area contributed by atoms with Gasteiger partial charge in [0.2, 0.25) is 5.91 Å². The Morgan fingerprint density at radius 1 is 1.53 bits per heavy atom. The lowest BCUT2D eigenvalue weighted by Crippen LogP contribution is -2.38. The third-order valence-electron chi connectivity index (χ3n) is 2.90. The molecule has 0 bridgehead atoms. The van der Waals surface area contributed by atoms with Gasteiger partial charge < -0.3 is 16.0 Å². The average Bonchev–Trinajstić information content (AvgIpc) is 2.52. The molecule has 0 saturated carbocycles. The highest BCUT2D eigenvalue weighted by molar-refractivity contribution is 5.79. The van der Waals surface area contributed by atoms with Crippen molar-refractivity contribution >= 4 is 11.7 Å². The quantitative estimate of drug-likeness (QED) is 0.749. The maximum absolute atomic E-state index is 11.3. The Labute approximate surface area is 114 Å². The largest absolute Gasteiger partial charge is 0.368 e. The third-order valence-corrected chi connectivity index (χ3v) is 2.90.